The summed E-state index contributed by atoms with van der Waals surface area (Å²) in [6, 6.07) is 20.6. The summed E-state index contributed by atoms with van der Waals surface area (Å²) in [6.07, 6.45) is 0. The number of amides is 2. The van der Waals surface area contributed by atoms with Crippen molar-refractivity contribution in [2.75, 3.05) is 19.5 Å². The van der Waals surface area contributed by atoms with Crippen molar-refractivity contribution in [2.45, 2.75) is 19.9 Å². The van der Waals surface area contributed by atoms with Crippen LogP contribution in [0.1, 0.15) is 24.2 Å². The fourth-order valence-corrected chi connectivity index (χ4v) is 3.19. The molecule has 0 unspecified atom stereocenters. The van der Waals surface area contributed by atoms with Crippen molar-refractivity contribution in [3.63, 3.8) is 0 Å². The van der Waals surface area contributed by atoms with Gasteiger partial charge in [-0.2, -0.15) is 0 Å². The average Bonchev–Trinajstić information content (AvgIpc) is 2.83. The van der Waals surface area contributed by atoms with E-state index in [4.69, 9.17) is 14.2 Å². The second-order valence-electron chi connectivity index (χ2n) is 7.69. The van der Waals surface area contributed by atoms with Crippen molar-refractivity contribution in [1.29, 1.82) is 0 Å². The molecule has 0 heterocycles. The Bertz CT molecular complexity index is 1080. The number of methoxy groups -OCH3 is 2. The van der Waals surface area contributed by atoms with E-state index in [1.54, 1.807) is 42.5 Å². The smallest absolute Gasteiger partial charge is 0.255 e. The van der Waals surface area contributed by atoms with Gasteiger partial charge in [0.1, 0.15) is 29.0 Å². The molecule has 7 nitrogen and oxygen atoms in total. The summed E-state index contributed by atoms with van der Waals surface area (Å²) in [6.45, 7) is 3.74. The number of para-hydroxylation sites is 1. The quantitative estimate of drug-likeness (QED) is 0.487. The van der Waals surface area contributed by atoms with Gasteiger partial charge in [0, 0.05) is 11.8 Å². The lowest BCUT2D eigenvalue weighted by Gasteiger charge is -2.22. The molecule has 0 aliphatic rings. The van der Waals surface area contributed by atoms with E-state index < -0.39 is 11.9 Å². The Morgan fingerprint density at radius 3 is 2.03 bits per heavy atom. The summed E-state index contributed by atoms with van der Waals surface area (Å²) in [7, 11) is 3.01. The molecule has 3 aromatic rings. The van der Waals surface area contributed by atoms with E-state index >= 15 is 0 Å². The number of hydrogen-bond acceptors (Lipinski definition) is 5. The molecule has 3 aromatic carbocycles. The molecule has 2 amide bonds. The lowest BCUT2D eigenvalue weighted by molar-refractivity contribution is -0.118. The van der Waals surface area contributed by atoms with Crippen LogP contribution in [-0.4, -0.2) is 32.1 Å². The summed E-state index contributed by atoms with van der Waals surface area (Å²) >= 11 is 0. The lowest BCUT2D eigenvalue weighted by atomic mass is 10.0. The molecule has 0 aromatic heterocycles. The summed E-state index contributed by atoms with van der Waals surface area (Å²) in [5, 5.41) is 5.67. The molecule has 0 aliphatic carbocycles. The van der Waals surface area contributed by atoms with E-state index in [1.165, 1.54) is 14.2 Å². The van der Waals surface area contributed by atoms with Crippen LogP contribution in [0.5, 0.6) is 23.0 Å². The van der Waals surface area contributed by atoms with Crippen LogP contribution < -0.4 is 24.8 Å². The fourth-order valence-electron chi connectivity index (χ4n) is 3.19. The summed E-state index contributed by atoms with van der Waals surface area (Å²) in [4.78, 5) is 25.8. The van der Waals surface area contributed by atoms with Gasteiger partial charge in [0.2, 0.25) is 5.91 Å². The molecule has 2 N–H and O–H groups in total. The van der Waals surface area contributed by atoms with Gasteiger partial charge in [0.05, 0.1) is 19.8 Å². The van der Waals surface area contributed by atoms with Crippen molar-refractivity contribution >= 4 is 17.5 Å². The van der Waals surface area contributed by atoms with E-state index in [9.17, 15) is 9.59 Å². The molecule has 172 valence electrons. The highest BCUT2D eigenvalue weighted by Gasteiger charge is 2.26. The zero-order chi connectivity index (χ0) is 23.8. The van der Waals surface area contributed by atoms with Crippen molar-refractivity contribution in [3.8, 4) is 23.0 Å². The van der Waals surface area contributed by atoms with Gasteiger partial charge in [-0.3, -0.25) is 9.59 Å². The molecule has 0 saturated carbocycles. The lowest BCUT2D eigenvalue weighted by Crippen LogP contribution is -2.47. The van der Waals surface area contributed by atoms with Crippen molar-refractivity contribution in [1.82, 2.24) is 5.32 Å². The average molecular weight is 449 g/mol. The number of carbonyl (C=O) groups excluding carboxylic acids is 2. The van der Waals surface area contributed by atoms with E-state index in [0.29, 0.717) is 28.5 Å². The standard InChI is InChI=1S/C26H28N2O5/c1-17(2)24(28-25(29)22-15-14-21(31-3)16-23(22)32-4)26(30)27-18-10-12-20(13-11-18)33-19-8-6-5-7-9-19/h5-17,24H,1-4H3,(H,27,30)(H,28,29)/t24-/m1/s1. The predicted molar refractivity (Wildman–Crippen MR) is 127 cm³/mol. The largest absolute Gasteiger partial charge is 0.497 e. The van der Waals surface area contributed by atoms with Crippen molar-refractivity contribution in [3.05, 3.63) is 78.4 Å². The number of benzene rings is 3. The maximum absolute atomic E-state index is 12.9. The van der Waals surface area contributed by atoms with Gasteiger partial charge in [0.25, 0.3) is 5.91 Å². The summed E-state index contributed by atoms with van der Waals surface area (Å²) < 4.78 is 16.3. The van der Waals surface area contributed by atoms with Gasteiger partial charge in [-0.05, 0) is 54.4 Å². The zero-order valence-electron chi connectivity index (χ0n) is 19.1. The Labute approximate surface area is 193 Å². The van der Waals surface area contributed by atoms with Crippen molar-refractivity contribution in [2.24, 2.45) is 5.92 Å². The number of rotatable bonds is 9. The minimum atomic E-state index is -0.746. The number of ether oxygens (including phenoxy) is 3. The molecule has 0 spiro atoms. The van der Waals surface area contributed by atoms with Gasteiger partial charge < -0.3 is 24.8 Å². The number of nitrogens with one attached hydrogen (secondary N) is 2. The van der Waals surface area contributed by atoms with Crippen LogP contribution in [0.2, 0.25) is 0 Å². The number of hydrogen-bond donors (Lipinski definition) is 2. The minimum Gasteiger partial charge on any atom is -0.497 e. The number of anilines is 1. The molecule has 0 saturated heterocycles. The Kier molecular flexibility index (Phi) is 7.91. The highest BCUT2D eigenvalue weighted by atomic mass is 16.5. The first-order valence-corrected chi connectivity index (χ1v) is 10.6. The normalized spacial score (nSPS) is 11.4. The third-order valence-electron chi connectivity index (χ3n) is 4.99. The zero-order valence-corrected chi connectivity index (χ0v) is 19.1. The minimum absolute atomic E-state index is 0.140. The fraction of sp³-hybridized carbons (Fsp3) is 0.231. The summed E-state index contributed by atoms with van der Waals surface area (Å²) in [5.41, 5.74) is 0.918. The molecule has 33 heavy (non-hydrogen) atoms. The molecule has 7 heteroatoms. The maximum Gasteiger partial charge on any atom is 0.255 e. The first-order valence-electron chi connectivity index (χ1n) is 10.6. The Balaban J connectivity index is 1.67. The van der Waals surface area contributed by atoms with Crippen LogP contribution >= 0.6 is 0 Å². The molecule has 0 radical (unpaired) electrons. The third kappa shape index (κ3) is 6.26. The Morgan fingerprint density at radius 2 is 1.42 bits per heavy atom. The third-order valence-corrected chi connectivity index (χ3v) is 4.99. The SMILES string of the molecule is COc1ccc(C(=O)N[C@@H](C(=O)Nc2ccc(Oc3ccccc3)cc2)C(C)C)c(OC)c1. The van der Waals surface area contributed by atoms with Crippen LogP contribution in [0.3, 0.4) is 0 Å². The Morgan fingerprint density at radius 1 is 0.788 bits per heavy atom. The topological polar surface area (TPSA) is 85.9 Å². The van der Waals surface area contributed by atoms with Gasteiger partial charge in [-0.15, -0.1) is 0 Å². The van der Waals surface area contributed by atoms with Crippen LogP contribution in [0, 0.1) is 5.92 Å². The summed E-state index contributed by atoms with van der Waals surface area (Å²) in [5.74, 6) is 1.45. The van der Waals surface area contributed by atoms with Crippen LogP contribution in [0.25, 0.3) is 0 Å². The van der Waals surface area contributed by atoms with E-state index in [2.05, 4.69) is 10.6 Å². The van der Waals surface area contributed by atoms with Crippen LogP contribution in [-0.2, 0) is 4.79 Å². The second kappa shape index (κ2) is 11.0. The first kappa shape index (κ1) is 23.7. The Hall–Kier alpha value is -4.00. The van der Waals surface area contributed by atoms with Crippen molar-refractivity contribution < 1.29 is 23.8 Å². The number of carbonyl (C=O) groups is 2. The first-order chi connectivity index (χ1) is 15.9. The van der Waals surface area contributed by atoms with Gasteiger partial charge >= 0.3 is 0 Å². The van der Waals surface area contributed by atoms with Gasteiger partial charge in [-0.1, -0.05) is 32.0 Å². The van der Waals surface area contributed by atoms with Gasteiger partial charge in [-0.25, -0.2) is 0 Å². The predicted octanol–water partition coefficient (Wildman–Crippen LogP) is 4.89. The molecular weight excluding hydrogens is 420 g/mol. The second-order valence-corrected chi connectivity index (χ2v) is 7.69. The molecule has 1 atom stereocenters. The molecule has 0 aliphatic heterocycles. The van der Waals surface area contributed by atoms with Gasteiger partial charge in [0.15, 0.2) is 0 Å². The maximum atomic E-state index is 12.9. The molecule has 3 rings (SSSR count). The highest BCUT2D eigenvalue weighted by molar-refractivity contribution is 6.02. The molecule has 0 fully saturated rings. The van der Waals surface area contributed by atoms with Crippen LogP contribution in [0.4, 0.5) is 5.69 Å². The monoisotopic (exact) mass is 448 g/mol. The van der Waals surface area contributed by atoms with Crippen LogP contribution in [0.15, 0.2) is 72.8 Å². The highest BCUT2D eigenvalue weighted by Crippen LogP contribution is 2.25. The molecule has 0 bridgehead atoms. The van der Waals surface area contributed by atoms with E-state index in [0.717, 1.165) is 5.75 Å². The van der Waals surface area contributed by atoms with E-state index in [-0.39, 0.29) is 11.8 Å². The molecular formula is C26H28N2O5. The van der Waals surface area contributed by atoms with E-state index in [1.807, 2.05) is 44.2 Å².